The maximum absolute atomic E-state index is 10.2. The van der Waals surface area contributed by atoms with E-state index in [1.54, 1.807) is 0 Å². The highest BCUT2D eigenvalue weighted by atomic mass is 16.3. The van der Waals surface area contributed by atoms with Gasteiger partial charge in [0, 0.05) is 19.6 Å². The van der Waals surface area contributed by atoms with Crippen molar-refractivity contribution in [2.45, 2.75) is 64.4 Å². The van der Waals surface area contributed by atoms with Gasteiger partial charge < -0.3 is 15.3 Å². The highest BCUT2D eigenvalue weighted by Crippen LogP contribution is 2.39. The predicted octanol–water partition coefficient (Wildman–Crippen LogP) is 2.64. The summed E-state index contributed by atoms with van der Waals surface area (Å²) in [5.74, 6) is 0.907. The van der Waals surface area contributed by atoms with Crippen molar-refractivity contribution in [2.75, 3.05) is 33.2 Å². The van der Waals surface area contributed by atoms with E-state index in [0.29, 0.717) is 5.41 Å². The number of rotatable bonds is 4. The van der Waals surface area contributed by atoms with Crippen LogP contribution in [0.1, 0.15) is 58.8 Å². The van der Waals surface area contributed by atoms with Crippen LogP contribution in [0.5, 0.6) is 0 Å². The van der Waals surface area contributed by atoms with Crippen molar-refractivity contribution in [3.8, 4) is 0 Å². The van der Waals surface area contributed by atoms with Crippen LogP contribution in [-0.4, -0.2) is 48.8 Å². The van der Waals surface area contributed by atoms with Gasteiger partial charge in [-0.1, -0.05) is 19.8 Å². The number of nitrogens with one attached hydrogen (secondary N) is 1. The Morgan fingerprint density at radius 2 is 1.85 bits per heavy atom. The zero-order valence-corrected chi connectivity index (χ0v) is 13.7. The number of nitrogens with zero attached hydrogens (tertiary/aromatic N) is 1. The number of hydrogen-bond acceptors (Lipinski definition) is 3. The Morgan fingerprint density at radius 1 is 1.15 bits per heavy atom. The largest absolute Gasteiger partial charge is 0.390 e. The third-order valence-electron chi connectivity index (χ3n) is 5.60. The molecule has 2 fully saturated rings. The lowest BCUT2D eigenvalue weighted by atomic mass is 9.70. The molecule has 1 aliphatic heterocycles. The Balaban J connectivity index is 1.94. The average Bonchev–Trinajstić information content (AvgIpc) is 2.55. The summed E-state index contributed by atoms with van der Waals surface area (Å²) in [7, 11) is 2.09. The van der Waals surface area contributed by atoms with Crippen LogP contribution >= 0.6 is 0 Å². The Labute approximate surface area is 125 Å². The molecule has 1 saturated carbocycles. The molecule has 0 aromatic carbocycles. The molecule has 0 radical (unpaired) electrons. The van der Waals surface area contributed by atoms with Gasteiger partial charge in [0.05, 0.1) is 5.60 Å². The van der Waals surface area contributed by atoms with Gasteiger partial charge in [0.25, 0.3) is 0 Å². The first-order valence-electron chi connectivity index (χ1n) is 8.54. The highest BCUT2D eigenvalue weighted by molar-refractivity contribution is 4.90. The molecule has 1 aliphatic carbocycles. The fourth-order valence-corrected chi connectivity index (χ4v) is 4.09. The first-order chi connectivity index (χ1) is 9.45. The standard InChI is InChI=1S/C17H34N2O/c1-15-5-8-17(9-6-15,13-18-3)14-19-11-4-7-16(2,20)10-12-19/h15,18,20H,4-14H2,1-3H3. The molecule has 2 N–H and O–H groups in total. The van der Waals surface area contributed by atoms with E-state index in [9.17, 15) is 5.11 Å². The van der Waals surface area contributed by atoms with Crippen molar-refractivity contribution in [2.24, 2.45) is 11.3 Å². The summed E-state index contributed by atoms with van der Waals surface area (Å²) >= 11 is 0. The second kappa shape index (κ2) is 6.76. The summed E-state index contributed by atoms with van der Waals surface area (Å²) in [6.07, 6.45) is 8.52. The van der Waals surface area contributed by atoms with E-state index in [2.05, 4.69) is 24.2 Å². The molecule has 20 heavy (non-hydrogen) atoms. The second-order valence-electron chi connectivity index (χ2n) is 7.84. The molecule has 3 nitrogen and oxygen atoms in total. The van der Waals surface area contributed by atoms with Crippen LogP contribution in [0, 0.1) is 11.3 Å². The molecular weight excluding hydrogens is 248 g/mol. The summed E-state index contributed by atoms with van der Waals surface area (Å²) < 4.78 is 0. The Hall–Kier alpha value is -0.120. The fourth-order valence-electron chi connectivity index (χ4n) is 4.09. The van der Waals surface area contributed by atoms with Crippen LogP contribution in [0.3, 0.4) is 0 Å². The molecule has 118 valence electrons. The highest BCUT2D eigenvalue weighted by Gasteiger charge is 2.36. The van der Waals surface area contributed by atoms with E-state index in [1.807, 2.05) is 6.92 Å². The van der Waals surface area contributed by atoms with Gasteiger partial charge in [0.1, 0.15) is 0 Å². The van der Waals surface area contributed by atoms with Crippen LogP contribution in [0.4, 0.5) is 0 Å². The minimum atomic E-state index is -0.438. The van der Waals surface area contributed by atoms with Gasteiger partial charge in [-0.15, -0.1) is 0 Å². The van der Waals surface area contributed by atoms with E-state index in [-0.39, 0.29) is 0 Å². The molecule has 1 unspecified atom stereocenters. The topological polar surface area (TPSA) is 35.5 Å². The zero-order chi connectivity index (χ0) is 14.6. The Morgan fingerprint density at radius 3 is 2.50 bits per heavy atom. The number of aliphatic hydroxyl groups is 1. The van der Waals surface area contributed by atoms with Crippen LogP contribution in [0.15, 0.2) is 0 Å². The van der Waals surface area contributed by atoms with Crippen molar-refractivity contribution in [3.05, 3.63) is 0 Å². The molecule has 0 spiro atoms. The lowest BCUT2D eigenvalue weighted by Crippen LogP contribution is -2.46. The Kier molecular flexibility index (Phi) is 5.49. The van der Waals surface area contributed by atoms with Gasteiger partial charge in [-0.3, -0.25) is 0 Å². The number of likely N-dealkylation sites (tertiary alicyclic amines) is 1. The summed E-state index contributed by atoms with van der Waals surface area (Å²) in [6.45, 7) is 8.99. The molecule has 0 bridgehead atoms. The summed E-state index contributed by atoms with van der Waals surface area (Å²) in [4.78, 5) is 2.62. The van der Waals surface area contributed by atoms with Crippen molar-refractivity contribution in [3.63, 3.8) is 0 Å². The molecule has 0 amide bonds. The average molecular weight is 282 g/mol. The van der Waals surface area contributed by atoms with E-state index in [4.69, 9.17) is 0 Å². The monoisotopic (exact) mass is 282 g/mol. The SMILES string of the molecule is CNCC1(CN2CCCC(C)(O)CC2)CCC(C)CC1. The summed E-state index contributed by atoms with van der Waals surface area (Å²) in [6, 6.07) is 0. The molecule has 0 aromatic heterocycles. The maximum Gasteiger partial charge on any atom is 0.0632 e. The zero-order valence-electron chi connectivity index (χ0n) is 13.7. The molecule has 2 aliphatic rings. The molecule has 1 saturated heterocycles. The lowest BCUT2D eigenvalue weighted by molar-refractivity contribution is 0.0400. The van der Waals surface area contributed by atoms with Crippen LogP contribution in [0.25, 0.3) is 0 Å². The molecule has 1 atom stereocenters. The minimum Gasteiger partial charge on any atom is -0.390 e. The van der Waals surface area contributed by atoms with E-state index in [1.165, 1.54) is 32.2 Å². The van der Waals surface area contributed by atoms with Gasteiger partial charge in [0.15, 0.2) is 0 Å². The van der Waals surface area contributed by atoms with Crippen molar-refractivity contribution in [1.29, 1.82) is 0 Å². The predicted molar refractivity (Wildman–Crippen MR) is 84.9 cm³/mol. The minimum absolute atomic E-state index is 0.438. The Bertz CT molecular complexity index is 295. The first kappa shape index (κ1) is 16.3. The van der Waals surface area contributed by atoms with E-state index < -0.39 is 5.60 Å². The van der Waals surface area contributed by atoms with Crippen LogP contribution in [0.2, 0.25) is 0 Å². The number of hydrogen-bond donors (Lipinski definition) is 2. The first-order valence-corrected chi connectivity index (χ1v) is 8.54. The van der Waals surface area contributed by atoms with Crippen molar-refractivity contribution >= 4 is 0 Å². The molecule has 2 rings (SSSR count). The lowest BCUT2D eigenvalue weighted by Gasteiger charge is -2.42. The maximum atomic E-state index is 10.2. The molecule has 3 heteroatoms. The molecular formula is C17H34N2O. The second-order valence-corrected chi connectivity index (χ2v) is 7.84. The van der Waals surface area contributed by atoms with Crippen molar-refractivity contribution < 1.29 is 5.11 Å². The molecule has 1 heterocycles. The van der Waals surface area contributed by atoms with Crippen molar-refractivity contribution in [1.82, 2.24) is 10.2 Å². The summed E-state index contributed by atoms with van der Waals surface area (Å²) in [5, 5.41) is 13.7. The van der Waals surface area contributed by atoms with E-state index >= 15 is 0 Å². The fraction of sp³-hybridized carbons (Fsp3) is 1.00. The molecule has 0 aromatic rings. The van der Waals surface area contributed by atoms with Gasteiger partial charge in [0.2, 0.25) is 0 Å². The van der Waals surface area contributed by atoms with Gasteiger partial charge in [-0.05, 0) is 64.0 Å². The third kappa shape index (κ3) is 4.44. The van der Waals surface area contributed by atoms with Gasteiger partial charge >= 0.3 is 0 Å². The quantitative estimate of drug-likeness (QED) is 0.832. The normalized spacial score (nSPS) is 40.5. The van der Waals surface area contributed by atoms with Crippen LogP contribution < -0.4 is 5.32 Å². The summed E-state index contributed by atoms with van der Waals surface area (Å²) in [5.41, 5.74) is 0.0312. The van der Waals surface area contributed by atoms with Gasteiger partial charge in [-0.25, -0.2) is 0 Å². The van der Waals surface area contributed by atoms with Gasteiger partial charge in [-0.2, -0.15) is 0 Å². The van der Waals surface area contributed by atoms with Crippen LogP contribution in [-0.2, 0) is 0 Å². The smallest absolute Gasteiger partial charge is 0.0632 e. The third-order valence-corrected chi connectivity index (χ3v) is 5.60. The van der Waals surface area contributed by atoms with E-state index in [0.717, 1.165) is 44.8 Å².